The normalized spacial score (nSPS) is 25.7. The number of amides is 1. The van der Waals surface area contributed by atoms with Crippen molar-refractivity contribution >= 4 is 29.9 Å². The first-order valence-electron chi connectivity index (χ1n) is 6.48. The summed E-state index contributed by atoms with van der Waals surface area (Å²) in [6, 6.07) is 4.09. The first-order valence-corrected chi connectivity index (χ1v) is 6.86. The minimum atomic E-state index is -0.442. The smallest absolute Gasteiger partial charge is 0.253 e. The van der Waals surface area contributed by atoms with Gasteiger partial charge in [0.05, 0.1) is 10.6 Å². The Hall–Kier alpha value is -0.840. The van der Waals surface area contributed by atoms with Gasteiger partial charge in [-0.25, -0.2) is 4.39 Å². The van der Waals surface area contributed by atoms with Crippen LogP contribution in [0, 0.1) is 11.7 Å². The SMILES string of the molecule is CC1CCNC(C)C1NC(=O)c1ccc(F)cc1Cl.Cl. The number of rotatable bonds is 2. The molecule has 3 unspecified atom stereocenters. The highest BCUT2D eigenvalue weighted by Gasteiger charge is 2.29. The third-order valence-corrected chi connectivity index (χ3v) is 4.00. The molecule has 1 saturated heterocycles. The van der Waals surface area contributed by atoms with Crippen molar-refractivity contribution in [2.24, 2.45) is 5.92 Å². The molecule has 1 aromatic carbocycles. The molecule has 1 aromatic rings. The molecule has 3 atom stereocenters. The van der Waals surface area contributed by atoms with Crippen molar-refractivity contribution in [2.45, 2.75) is 32.4 Å². The van der Waals surface area contributed by atoms with Crippen LogP contribution in [0.3, 0.4) is 0 Å². The Labute approximate surface area is 129 Å². The van der Waals surface area contributed by atoms with E-state index in [1.165, 1.54) is 12.1 Å². The number of hydrogen-bond donors (Lipinski definition) is 2. The predicted octanol–water partition coefficient (Wildman–Crippen LogP) is 3.02. The maximum Gasteiger partial charge on any atom is 0.253 e. The first kappa shape index (κ1) is 17.2. The van der Waals surface area contributed by atoms with Crippen LogP contribution >= 0.6 is 24.0 Å². The summed E-state index contributed by atoms with van der Waals surface area (Å²) in [5.41, 5.74) is 0.313. The van der Waals surface area contributed by atoms with Gasteiger partial charge in [-0.1, -0.05) is 18.5 Å². The van der Waals surface area contributed by atoms with Gasteiger partial charge in [0.2, 0.25) is 0 Å². The fourth-order valence-corrected chi connectivity index (χ4v) is 2.76. The molecule has 2 rings (SSSR count). The summed E-state index contributed by atoms with van der Waals surface area (Å²) in [4.78, 5) is 12.2. The summed E-state index contributed by atoms with van der Waals surface area (Å²) in [7, 11) is 0. The van der Waals surface area contributed by atoms with Crippen LogP contribution in [-0.2, 0) is 0 Å². The average molecular weight is 321 g/mol. The van der Waals surface area contributed by atoms with E-state index in [0.717, 1.165) is 19.0 Å². The summed E-state index contributed by atoms with van der Waals surface area (Å²) in [6.45, 7) is 5.13. The lowest BCUT2D eigenvalue weighted by Crippen LogP contribution is -2.55. The number of hydrogen-bond acceptors (Lipinski definition) is 2. The fourth-order valence-electron chi connectivity index (χ4n) is 2.51. The van der Waals surface area contributed by atoms with E-state index in [0.29, 0.717) is 11.5 Å². The Balaban J connectivity index is 0.00000200. The van der Waals surface area contributed by atoms with Crippen molar-refractivity contribution in [2.75, 3.05) is 6.54 Å². The Morgan fingerprint density at radius 3 is 2.75 bits per heavy atom. The third-order valence-electron chi connectivity index (χ3n) is 3.69. The molecular formula is C14H19Cl2FN2O. The Morgan fingerprint density at radius 2 is 2.15 bits per heavy atom. The van der Waals surface area contributed by atoms with E-state index in [1.807, 2.05) is 6.92 Å². The Bertz CT molecular complexity index is 474. The van der Waals surface area contributed by atoms with Crippen molar-refractivity contribution < 1.29 is 9.18 Å². The topological polar surface area (TPSA) is 41.1 Å². The highest BCUT2D eigenvalue weighted by molar-refractivity contribution is 6.33. The summed E-state index contributed by atoms with van der Waals surface area (Å²) in [5, 5.41) is 6.46. The number of piperidine rings is 1. The Kier molecular flexibility index (Phi) is 6.24. The van der Waals surface area contributed by atoms with Crippen molar-refractivity contribution in [3.63, 3.8) is 0 Å². The second-order valence-corrected chi connectivity index (χ2v) is 5.54. The minimum absolute atomic E-state index is 0. The lowest BCUT2D eigenvalue weighted by atomic mass is 9.89. The van der Waals surface area contributed by atoms with Gasteiger partial charge >= 0.3 is 0 Å². The molecule has 0 aliphatic carbocycles. The molecule has 1 aliphatic heterocycles. The summed E-state index contributed by atoms with van der Waals surface area (Å²) in [6.07, 6.45) is 1.02. The van der Waals surface area contributed by atoms with E-state index in [4.69, 9.17) is 11.6 Å². The molecule has 6 heteroatoms. The number of benzene rings is 1. The second kappa shape index (κ2) is 7.25. The van der Waals surface area contributed by atoms with Crippen LogP contribution in [0.2, 0.25) is 5.02 Å². The van der Waals surface area contributed by atoms with Crippen LogP contribution < -0.4 is 10.6 Å². The maximum absolute atomic E-state index is 13.0. The molecule has 1 amide bonds. The van der Waals surface area contributed by atoms with Crippen LogP contribution in [0.25, 0.3) is 0 Å². The highest BCUT2D eigenvalue weighted by Crippen LogP contribution is 2.20. The third kappa shape index (κ3) is 3.84. The molecule has 0 saturated carbocycles. The van der Waals surface area contributed by atoms with Crippen molar-refractivity contribution in [1.82, 2.24) is 10.6 Å². The standard InChI is InChI=1S/C14H18ClFN2O.ClH/c1-8-5-6-17-9(2)13(8)18-14(19)11-4-3-10(16)7-12(11)15;/h3-4,7-9,13,17H,5-6H2,1-2H3,(H,18,19);1H. The van der Waals surface area contributed by atoms with Gasteiger partial charge in [-0.2, -0.15) is 0 Å². The number of nitrogens with one attached hydrogen (secondary N) is 2. The van der Waals surface area contributed by atoms with Crippen molar-refractivity contribution in [3.05, 3.63) is 34.6 Å². The van der Waals surface area contributed by atoms with Crippen LogP contribution in [-0.4, -0.2) is 24.5 Å². The molecule has 20 heavy (non-hydrogen) atoms. The fraction of sp³-hybridized carbons (Fsp3) is 0.500. The van der Waals surface area contributed by atoms with E-state index in [2.05, 4.69) is 17.6 Å². The van der Waals surface area contributed by atoms with E-state index in [-0.39, 0.29) is 35.4 Å². The van der Waals surface area contributed by atoms with Gasteiger partial charge in [-0.3, -0.25) is 4.79 Å². The Morgan fingerprint density at radius 1 is 1.45 bits per heavy atom. The molecular weight excluding hydrogens is 302 g/mol. The number of carbonyl (C=O) groups excluding carboxylic acids is 1. The maximum atomic E-state index is 13.0. The highest BCUT2D eigenvalue weighted by atomic mass is 35.5. The van der Waals surface area contributed by atoms with E-state index in [1.54, 1.807) is 0 Å². The van der Waals surface area contributed by atoms with Crippen LogP contribution in [0.1, 0.15) is 30.6 Å². The molecule has 1 fully saturated rings. The molecule has 0 spiro atoms. The van der Waals surface area contributed by atoms with Crippen LogP contribution in [0.15, 0.2) is 18.2 Å². The quantitative estimate of drug-likeness (QED) is 0.879. The zero-order valence-corrected chi connectivity index (χ0v) is 13.0. The van der Waals surface area contributed by atoms with Crippen LogP contribution in [0.5, 0.6) is 0 Å². The zero-order valence-electron chi connectivity index (χ0n) is 11.5. The first-order chi connectivity index (χ1) is 8.99. The molecule has 0 aromatic heterocycles. The number of carbonyl (C=O) groups is 1. The summed E-state index contributed by atoms with van der Waals surface area (Å²) >= 11 is 5.90. The predicted molar refractivity (Wildman–Crippen MR) is 81.2 cm³/mol. The van der Waals surface area contributed by atoms with Gasteiger partial charge in [-0.05, 0) is 44.0 Å². The molecule has 1 aliphatic rings. The van der Waals surface area contributed by atoms with Crippen molar-refractivity contribution in [1.29, 1.82) is 0 Å². The average Bonchev–Trinajstić information content (AvgIpc) is 2.33. The lowest BCUT2D eigenvalue weighted by Gasteiger charge is -2.36. The van der Waals surface area contributed by atoms with Gasteiger partial charge in [0.15, 0.2) is 0 Å². The largest absolute Gasteiger partial charge is 0.347 e. The van der Waals surface area contributed by atoms with Gasteiger partial charge in [0.25, 0.3) is 5.91 Å². The molecule has 1 heterocycles. The number of halogens is 3. The van der Waals surface area contributed by atoms with E-state index >= 15 is 0 Å². The van der Waals surface area contributed by atoms with Gasteiger partial charge in [-0.15, -0.1) is 12.4 Å². The van der Waals surface area contributed by atoms with Crippen LogP contribution in [0.4, 0.5) is 4.39 Å². The van der Waals surface area contributed by atoms with Gasteiger partial charge < -0.3 is 10.6 Å². The van der Waals surface area contributed by atoms with Gasteiger partial charge in [0, 0.05) is 12.1 Å². The summed E-state index contributed by atoms with van der Waals surface area (Å²) < 4.78 is 13.0. The molecule has 3 nitrogen and oxygen atoms in total. The molecule has 2 N–H and O–H groups in total. The zero-order chi connectivity index (χ0) is 14.0. The molecule has 0 bridgehead atoms. The molecule has 112 valence electrons. The monoisotopic (exact) mass is 320 g/mol. The minimum Gasteiger partial charge on any atom is -0.347 e. The second-order valence-electron chi connectivity index (χ2n) is 5.13. The van der Waals surface area contributed by atoms with Gasteiger partial charge in [0.1, 0.15) is 5.82 Å². The van der Waals surface area contributed by atoms with E-state index < -0.39 is 5.82 Å². The lowest BCUT2D eigenvalue weighted by molar-refractivity contribution is 0.0897. The summed E-state index contributed by atoms with van der Waals surface area (Å²) in [5.74, 6) is -0.292. The van der Waals surface area contributed by atoms with Crippen molar-refractivity contribution in [3.8, 4) is 0 Å². The van der Waals surface area contributed by atoms with E-state index in [9.17, 15) is 9.18 Å². The molecule has 0 radical (unpaired) electrons.